The Labute approximate surface area is 144 Å². The molecule has 0 bridgehead atoms. The molecule has 0 amide bonds. The Bertz CT molecular complexity index is 606. The molecular weight excluding hydrogens is 304 g/mol. The van der Waals surface area contributed by atoms with Crippen molar-refractivity contribution in [1.29, 1.82) is 0 Å². The molecule has 1 aromatic rings. The van der Waals surface area contributed by atoms with Gasteiger partial charge >= 0.3 is 0 Å². The Morgan fingerprint density at radius 1 is 1.00 bits per heavy atom. The van der Waals surface area contributed by atoms with E-state index >= 15 is 0 Å². The first-order valence-corrected chi connectivity index (χ1v) is 8.80. The van der Waals surface area contributed by atoms with E-state index < -0.39 is 11.4 Å². The maximum Gasteiger partial charge on any atom is 0.216 e. The topological polar surface area (TPSA) is 47.9 Å². The molecule has 0 saturated carbocycles. The van der Waals surface area contributed by atoms with Crippen LogP contribution in [0.4, 0.5) is 0 Å². The van der Waals surface area contributed by atoms with Gasteiger partial charge in [0.25, 0.3) is 0 Å². The molecule has 4 nitrogen and oxygen atoms in total. The lowest BCUT2D eigenvalue weighted by Crippen LogP contribution is -2.51. The molecule has 1 aromatic carbocycles. The number of benzene rings is 1. The molecule has 0 radical (unpaired) electrons. The van der Waals surface area contributed by atoms with E-state index in [-0.39, 0.29) is 12.2 Å². The lowest BCUT2D eigenvalue weighted by molar-refractivity contribution is -0.329. The lowest BCUT2D eigenvalue weighted by atomic mass is 9.80. The van der Waals surface area contributed by atoms with Crippen LogP contribution in [0.2, 0.25) is 0 Å². The van der Waals surface area contributed by atoms with E-state index in [1.807, 2.05) is 43.3 Å². The van der Waals surface area contributed by atoms with Gasteiger partial charge in [-0.1, -0.05) is 52.0 Å². The molecule has 4 atom stereocenters. The summed E-state index contributed by atoms with van der Waals surface area (Å²) in [6.07, 6.45) is 4.85. The van der Waals surface area contributed by atoms with E-state index in [2.05, 4.69) is 27.7 Å². The summed E-state index contributed by atoms with van der Waals surface area (Å²) in [7, 11) is 0. The van der Waals surface area contributed by atoms with Crippen LogP contribution in [0.5, 0.6) is 0 Å². The molecule has 2 aliphatic rings. The average Bonchev–Trinajstić information content (AvgIpc) is 2.58. The Balaban J connectivity index is 2.10. The van der Waals surface area contributed by atoms with Crippen LogP contribution in [0.1, 0.15) is 52.2 Å². The first-order valence-electron chi connectivity index (χ1n) is 8.80. The number of fused-ring (bicyclic) bond motifs is 2. The molecule has 1 N–H and O–H groups in total. The predicted octanol–water partition coefficient (Wildman–Crippen LogP) is 4.60. The van der Waals surface area contributed by atoms with Crippen LogP contribution in [-0.2, 0) is 25.7 Å². The number of hydrogen-bond donors (Lipinski definition) is 1. The molecule has 4 heteroatoms. The van der Waals surface area contributed by atoms with Gasteiger partial charge < -0.3 is 9.47 Å². The van der Waals surface area contributed by atoms with Crippen LogP contribution < -0.4 is 0 Å². The van der Waals surface area contributed by atoms with Gasteiger partial charge in [0.15, 0.2) is 0 Å². The third-order valence-electron chi connectivity index (χ3n) is 5.25. The van der Waals surface area contributed by atoms with Crippen LogP contribution in [-0.4, -0.2) is 17.5 Å². The first kappa shape index (κ1) is 17.6. The van der Waals surface area contributed by atoms with Gasteiger partial charge in [0.2, 0.25) is 5.79 Å². The zero-order chi connectivity index (χ0) is 17.5. The van der Waals surface area contributed by atoms with Gasteiger partial charge in [0.1, 0.15) is 5.60 Å². The first-order chi connectivity index (χ1) is 11.3. The van der Waals surface area contributed by atoms with Gasteiger partial charge in [0, 0.05) is 12.0 Å². The van der Waals surface area contributed by atoms with Crippen molar-refractivity contribution in [2.75, 3.05) is 0 Å². The molecule has 1 spiro atoms. The van der Waals surface area contributed by atoms with E-state index in [9.17, 15) is 5.26 Å². The van der Waals surface area contributed by atoms with Crippen molar-refractivity contribution in [3.05, 3.63) is 47.5 Å². The highest BCUT2D eigenvalue weighted by Crippen LogP contribution is 2.48. The standard InChI is InChI=1S/C20H28O4/c1-13(2)17-12-18(14(3)4)23-20(22-17)11-10-19(5,24-21)15-8-6-7-9-16(15)20/h6-11,13-14,17-18,21H,12H2,1-5H3/t17-,18+,19?,20?. The smallest absolute Gasteiger partial charge is 0.216 e. The lowest BCUT2D eigenvalue weighted by Gasteiger charge is -2.49. The van der Waals surface area contributed by atoms with Crippen molar-refractivity contribution < 1.29 is 19.6 Å². The highest BCUT2D eigenvalue weighted by atomic mass is 17.1. The molecule has 132 valence electrons. The maximum atomic E-state index is 9.43. The van der Waals surface area contributed by atoms with Gasteiger partial charge in [-0.25, -0.2) is 4.89 Å². The van der Waals surface area contributed by atoms with Crippen molar-refractivity contribution in [1.82, 2.24) is 0 Å². The normalized spacial score (nSPS) is 35.7. The van der Waals surface area contributed by atoms with Gasteiger partial charge in [-0.2, -0.15) is 0 Å². The second-order valence-electron chi connectivity index (χ2n) is 7.78. The fourth-order valence-electron chi connectivity index (χ4n) is 3.57. The van der Waals surface area contributed by atoms with E-state index in [1.165, 1.54) is 0 Å². The van der Waals surface area contributed by atoms with Crippen LogP contribution in [0.3, 0.4) is 0 Å². The van der Waals surface area contributed by atoms with Crippen LogP contribution >= 0.6 is 0 Å². The molecule has 1 aliphatic heterocycles. The third-order valence-corrected chi connectivity index (χ3v) is 5.25. The van der Waals surface area contributed by atoms with Gasteiger partial charge in [-0.05, 0) is 36.5 Å². The van der Waals surface area contributed by atoms with Crippen molar-refractivity contribution in [2.45, 2.75) is 64.6 Å². The fourth-order valence-corrected chi connectivity index (χ4v) is 3.57. The molecule has 2 unspecified atom stereocenters. The van der Waals surface area contributed by atoms with Gasteiger partial charge in [-0.3, -0.25) is 5.26 Å². The summed E-state index contributed by atoms with van der Waals surface area (Å²) in [5, 5.41) is 9.43. The number of ether oxygens (including phenoxy) is 2. The Hall–Kier alpha value is -1.20. The quantitative estimate of drug-likeness (QED) is 0.499. The van der Waals surface area contributed by atoms with Crippen molar-refractivity contribution >= 4 is 0 Å². The third kappa shape index (κ3) is 2.82. The van der Waals surface area contributed by atoms with Crippen molar-refractivity contribution in [3.8, 4) is 0 Å². The summed E-state index contributed by atoms with van der Waals surface area (Å²) in [4.78, 5) is 4.79. The predicted molar refractivity (Wildman–Crippen MR) is 92.4 cm³/mol. The minimum atomic E-state index is -0.920. The summed E-state index contributed by atoms with van der Waals surface area (Å²) in [6.45, 7) is 10.6. The Kier molecular flexibility index (Phi) is 4.60. The molecule has 24 heavy (non-hydrogen) atoms. The number of hydrogen-bond acceptors (Lipinski definition) is 4. The largest absolute Gasteiger partial charge is 0.339 e. The molecule has 1 heterocycles. The minimum Gasteiger partial charge on any atom is -0.339 e. The minimum absolute atomic E-state index is 0.114. The molecular formula is C20H28O4. The number of rotatable bonds is 3. The summed E-state index contributed by atoms with van der Waals surface area (Å²) in [5.41, 5.74) is 0.870. The maximum absolute atomic E-state index is 9.43. The van der Waals surface area contributed by atoms with Crippen LogP contribution in [0.25, 0.3) is 0 Å². The van der Waals surface area contributed by atoms with Crippen molar-refractivity contribution in [3.63, 3.8) is 0 Å². The molecule has 1 fully saturated rings. The van der Waals surface area contributed by atoms with Crippen molar-refractivity contribution in [2.24, 2.45) is 11.8 Å². The molecule has 0 aromatic heterocycles. The Morgan fingerprint density at radius 2 is 1.54 bits per heavy atom. The second kappa shape index (κ2) is 6.26. The molecule has 1 aliphatic carbocycles. The SMILES string of the molecule is CC(C)[C@@H]1C[C@H](C(C)C)OC2(C=CC(C)(OO)c3ccccc32)O1. The summed E-state index contributed by atoms with van der Waals surface area (Å²) >= 11 is 0. The van der Waals surface area contributed by atoms with E-state index in [0.29, 0.717) is 11.8 Å². The highest BCUT2D eigenvalue weighted by Gasteiger charge is 2.49. The second-order valence-corrected chi connectivity index (χ2v) is 7.78. The van der Waals surface area contributed by atoms with Gasteiger partial charge in [0.05, 0.1) is 12.2 Å². The highest BCUT2D eigenvalue weighted by molar-refractivity contribution is 5.44. The van der Waals surface area contributed by atoms with Crippen LogP contribution in [0, 0.1) is 11.8 Å². The Morgan fingerprint density at radius 3 is 2.04 bits per heavy atom. The summed E-state index contributed by atoms with van der Waals surface area (Å²) in [5.74, 6) is -0.124. The summed E-state index contributed by atoms with van der Waals surface area (Å²) in [6, 6.07) is 7.85. The average molecular weight is 332 g/mol. The summed E-state index contributed by atoms with van der Waals surface area (Å²) < 4.78 is 12.9. The zero-order valence-corrected chi connectivity index (χ0v) is 15.2. The van der Waals surface area contributed by atoms with E-state index in [4.69, 9.17) is 14.4 Å². The van der Waals surface area contributed by atoms with E-state index in [0.717, 1.165) is 17.5 Å². The van der Waals surface area contributed by atoms with E-state index in [1.54, 1.807) is 0 Å². The monoisotopic (exact) mass is 332 g/mol. The van der Waals surface area contributed by atoms with Gasteiger partial charge in [-0.15, -0.1) is 0 Å². The molecule has 3 rings (SSSR count). The molecule has 1 saturated heterocycles. The van der Waals surface area contributed by atoms with Crippen LogP contribution in [0.15, 0.2) is 36.4 Å². The zero-order valence-electron chi connectivity index (χ0n) is 15.2. The fraction of sp³-hybridized carbons (Fsp3) is 0.600.